The fraction of sp³-hybridized carbons (Fsp3) is 0.103. The maximum Gasteiger partial charge on any atom is 0.0618 e. The average molecular weight is 420 g/mol. The van der Waals surface area contributed by atoms with Crippen molar-refractivity contribution < 1.29 is 0 Å². The van der Waals surface area contributed by atoms with E-state index in [1.165, 1.54) is 38.4 Å². The van der Waals surface area contributed by atoms with E-state index in [1.54, 1.807) is 0 Å². The van der Waals surface area contributed by atoms with Crippen molar-refractivity contribution in [2.75, 3.05) is 10.7 Å². The zero-order chi connectivity index (χ0) is 21.2. The highest BCUT2D eigenvalue weighted by Gasteiger charge is 2.20. The third-order valence-corrected chi connectivity index (χ3v) is 6.21. The minimum Gasteiger partial charge on any atom is -0.309 e. The summed E-state index contributed by atoms with van der Waals surface area (Å²) in [5.74, 6) is 0.842. The van der Waals surface area contributed by atoms with Gasteiger partial charge in [-0.1, -0.05) is 72.8 Å². The lowest BCUT2D eigenvalue weighted by Gasteiger charge is -2.29. The number of para-hydroxylation sites is 2. The number of benzene rings is 5. The van der Waals surface area contributed by atoms with Gasteiger partial charge in [0.05, 0.1) is 5.69 Å². The van der Waals surface area contributed by atoms with Crippen molar-refractivity contribution in [3.8, 4) is 0 Å². The van der Waals surface area contributed by atoms with Crippen LogP contribution in [-0.2, 0) is 6.42 Å². The van der Waals surface area contributed by atoms with Crippen molar-refractivity contribution in [2.24, 2.45) is 0 Å². The van der Waals surface area contributed by atoms with Gasteiger partial charge in [0, 0.05) is 22.1 Å². The van der Waals surface area contributed by atoms with Crippen LogP contribution < -0.4 is 4.90 Å². The number of nitrogens with zero attached hydrogens (tertiary/aromatic N) is 1. The van der Waals surface area contributed by atoms with Crippen LogP contribution in [0.5, 0.6) is 0 Å². The van der Waals surface area contributed by atoms with Crippen LogP contribution in [0, 0.1) is 6.92 Å². The van der Waals surface area contributed by atoms with Gasteiger partial charge in [-0.2, -0.15) is 12.6 Å². The Morgan fingerprint density at radius 1 is 0.613 bits per heavy atom. The molecule has 0 fully saturated rings. The van der Waals surface area contributed by atoms with E-state index in [9.17, 15) is 0 Å². The molecule has 152 valence electrons. The SMILES string of the molecule is Cc1c2ccccc2c(N(c2ccccc2)c2ccccc2)c2cc(CCS)ccc12. The molecule has 2 heteroatoms. The molecule has 0 aliphatic rings. The zero-order valence-electron chi connectivity index (χ0n) is 17.6. The Hall–Kier alpha value is -3.23. The van der Waals surface area contributed by atoms with E-state index in [0.717, 1.165) is 23.5 Å². The monoisotopic (exact) mass is 419 g/mol. The number of aryl methyl sites for hydroxylation is 2. The molecule has 5 aromatic carbocycles. The number of hydrogen-bond acceptors (Lipinski definition) is 2. The zero-order valence-corrected chi connectivity index (χ0v) is 18.5. The van der Waals surface area contributed by atoms with Gasteiger partial charge in [-0.15, -0.1) is 0 Å². The molecular weight excluding hydrogens is 394 g/mol. The normalized spacial score (nSPS) is 11.2. The van der Waals surface area contributed by atoms with Gasteiger partial charge in [-0.3, -0.25) is 0 Å². The lowest BCUT2D eigenvalue weighted by molar-refractivity contribution is 1.17. The Balaban J connectivity index is 1.93. The predicted molar refractivity (Wildman–Crippen MR) is 138 cm³/mol. The molecule has 0 aliphatic heterocycles. The Morgan fingerprint density at radius 2 is 1.16 bits per heavy atom. The van der Waals surface area contributed by atoms with Crippen molar-refractivity contribution in [1.82, 2.24) is 0 Å². The highest BCUT2D eigenvalue weighted by atomic mass is 32.1. The Labute approximate surface area is 189 Å². The lowest BCUT2D eigenvalue weighted by atomic mass is 9.93. The second-order valence-electron chi connectivity index (χ2n) is 7.88. The third-order valence-electron chi connectivity index (χ3n) is 5.98. The van der Waals surface area contributed by atoms with Crippen LogP contribution in [0.15, 0.2) is 103 Å². The van der Waals surface area contributed by atoms with Crippen molar-refractivity contribution in [2.45, 2.75) is 13.3 Å². The first-order chi connectivity index (χ1) is 15.3. The van der Waals surface area contributed by atoms with Crippen LogP contribution in [-0.4, -0.2) is 5.75 Å². The molecule has 5 aromatic rings. The molecule has 0 bridgehead atoms. The number of anilines is 3. The van der Waals surface area contributed by atoms with Gasteiger partial charge >= 0.3 is 0 Å². The molecule has 0 unspecified atom stereocenters. The fourth-order valence-electron chi connectivity index (χ4n) is 4.51. The molecule has 0 atom stereocenters. The predicted octanol–water partition coefficient (Wildman–Crippen LogP) is 8.24. The molecule has 5 rings (SSSR count). The van der Waals surface area contributed by atoms with Crippen molar-refractivity contribution in [3.05, 3.63) is 114 Å². The van der Waals surface area contributed by atoms with Crippen LogP contribution in [0.4, 0.5) is 17.1 Å². The van der Waals surface area contributed by atoms with Gasteiger partial charge in [0.25, 0.3) is 0 Å². The molecule has 0 amide bonds. The first-order valence-electron chi connectivity index (χ1n) is 10.7. The van der Waals surface area contributed by atoms with E-state index < -0.39 is 0 Å². The van der Waals surface area contributed by atoms with E-state index in [-0.39, 0.29) is 0 Å². The summed E-state index contributed by atoms with van der Waals surface area (Å²) in [7, 11) is 0. The fourth-order valence-corrected chi connectivity index (χ4v) is 4.77. The topological polar surface area (TPSA) is 3.24 Å². The molecule has 0 aliphatic carbocycles. The molecule has 0 N–H and O–H groups in total. The van der Waals surface area contributed by atoms with E-state index in [1.807, 2.05) is 0 Å². The van der Waals surface area contributed by atoms with Gasteiger partial charge in [0.15, 0.2) is 0 Å². The molecule has 0 heterocycles. The van der Waals surface area contributed by atoms with Gasteiger partial charge in [0.1, 0.15) is 0 Å². The van der Waals surface area contributed by atoms with Crippen LogP contribution in [0.1, 0.15) is 11.1 Å². The van der Waals surface area contributed by atoms with E-state index >= 15 is 0 Å². The van der Waals surface area contributed by atoms with Crippen molar-refractivity contribution in [3.63, 3.8) is 0 Å². The highest BCUT2D eigenvalue weighted by Crippen LogP contribution is 2.45. The second kappa shape index (κ2) is 8.49. The number of thiol groups is 1. The summed E-state index contributed by atoms with van der Waals surface area (Å²) in [6.07, 6.45) is 0.959. The minimum atomic E-state index is 0.842. The van der Waals surface area contributed by atoms with Crippen LogP contribution in [0.25, 0.3) is 21.5 Å². The second-order valence-corrected chi connectivity index (χ2v) is 8.33. The molecule has 1 nitrogen and oxygen atoms in total. The maximum atomic E-state index is 4.48. The minimum absolute atomic E-state index is 0.842. The van der Waals surface area contributed by atoms with Crippen LogP contribution in [0.2, 0.25) is 0 Å². The van der Waals surface area contributed by atoms with Gasteiger partial charge in [-0.05, 0) is 71.3 Å². The standard InChI is InChI=1S/C29H25NS/c1-21-25-14-8-9-15-27(25)29(28-20-22(18-19-31)16-17-26(21)28)30(23-10-4-2-5-11-23)24-12-6-3-7-13-24/h2-17,20,31H,18-19H2,1H3. The largest absolute Gasteiger partial charge is 0.309 e. The van der Waals surface area contributed by atoms with Gasteiger partial charge < -0.3 is 4.90 Å². The average Bonchev–Trinajstić information content (AvgIpc) is 2.83. The summed E-state index contributed by atoms with van der Waals surface area (Å²) in [5, 5.41) is 5.14. The summed E-state index contributed by atoms with van der Waals surface area (Å²) < 4.78 is 0. The Morgan fingerprint density at radius 3 is 1.77 bits per heavy atom. The summed E-state index contributed by atoms with van der Waals surface area (Å²) in [4.78, 5) is 2.40. The summed E-state index contributed by atoms with van der Waals surface area (Å²) in [5.41, 5.74) is 6.19. The van der Waals surface area contributed by atoms with Gasteiger partial charge in [0.2, 0.25) is 0 Å². The summed E-state index contributed by atoms with van der Waals surface area (Å²) >= 11 is 4.48. The first kappa shape index (κ1) is 19.7. The maximum absolute atomic E-state index is 4.48. The molecule has 0 radical (unpaired) electrons. The van der Waals surface area contributed by atoms with Crippen LogP contribution in [0.3, 0.4) is 0 Å². The number of hydrogen-bond donors (Lipinski definition) is 1. The number of rotatable bonds is 5. The number of fused-ring (bicyclic) bond motifs is 2. The lowest BCUT2D eigenvalue weighted by Crippen LogP contribution is -2.11. The summed E-state index contributed by atoms with van der Waals surface area (Å²) in [6, 6.07) is 37.0. The Kier molecular flexibility index (Phi) is 5.40. The van der Waals surface area contributed by atoms with Gasteiger partial charge in [-0.25, -0.2) is 0 Å². The molecule has 0 spiro atoms. The highest BCUT2D eigenvalue weighted by molar-refractivity contribution is 7.80. The van der Waals surface area contributed by atoms with Crippen molar-refractivity contribution >= 4 is 51.2 Å². The third kappa shape index (κ3) is 3.58. The smallest absolute Gasteiger partial charge is 0.0618 e. The molecule has 0 saturated heterocycles. The molecule has 31 heavy (non-hydrogen) atoms. The summed E-state index contributed by atoms with van der Waals surface area (Å²) in [6.45, 7) is 2.24. The quantitative estimate of drug-likeness (QED) is 0.222. The molecule has 0 aromatic heterocycles. The Bertz CT molecular complexity index is 1300. The molecular formula is C29H25NS. The van der Waals surface area contributed by atoms with E-state index in [2.05, 4.69) is 128 Å². The van der Waals surface area contributed by atoms with Crippen LogP contribution >= 0.6 is 12.6 Å². The van der Waals surface area contributed by atoms with E-state index in [4.69, 9.17) is 0 Å². The van der Waals surface area contributed by atoms with E-state index in [0.29, 0.717) is 0 Å². The first-order valence-corrected chi connectivity index (χ1v) is 11.4. The van der Waals surface area contributed by atoms with Crippen molar-refractivity contribution in [1.29, 1.82) is 0 Å². The molecule has 0 saturated carbocycles.